The molecule has 1 saturated heterocycles. The number of halogens is 3. The zero-order valence-electron chi connectivity index (χ0n) is 22.0. The van der Waals surface area contributed by atoms with E-state index in [1.54, 1.807) is 40.0 Å². The van der Waals surface area contributed by atoms with Crippen LogP contribution in [0.1, 0.15) is 38.8 Å². The minimum absolute atomic E-state index is 0.0303. The number of alkyl halides is 3. The molecule has 1 aromatic carbocycles. The van der Waals surface area contributed by atoms with Gasteiger partial charge in [0.25, 0.3) is 0 Å². The van der Waals surface area contributed by atoms with E-state index in [0.717, 1.165) is 5.39 Å². The number of alkyl carbamates (subject to hydrolysis) is 1. The standard InChI is InChI=1S/C27H29F3N6O3/c1-26(2,3)39-25(37)31-18-12-13-35(15-18)23(27(28,29)30)17-9-11-21-33-34-24(36(21)14-17)19-10-8-16-6-5-7-20(38-4)22(16)32-19/h5-11,14,18,23H,12-13,15H2,1-4H3,(H,31,37). The summed E-state index contributed by atoms with van der Waals surface area (Å²) in [5.74, 6) is 0.885. The number of hydrogen-bond acceptors (Lipinski definition) is 7. The first kappa shape index (κ1) is 26.7. The number of methoxy groups -OCH3 is 1. The molecule has 4 heterocycles. The van der Waals surface area contributed by atoms with E-state index in [4.69, 9.17) is 9.47 Å². The van der Waals surface area contributed by atoms with Crippen molar-refractivity contribution in [1.82, 2.24) is 29.8 Å². The van der Waals surface area contributed by atoms with Gasteiger partial charge in [-0.3, -0.25) is 9.30 Å². The van der Waals surface area contributed by atoms with Crippen LogP contribution in [-0.4, -0.2) is 68.6 Å². The molecule has 2 atom stereocenters. The molecule has 0 aliphatic carbocycles. The van der Waals surface area contributed by atoms with Gasteiger partial charge in [-0.05, 0) is 51.0 Å². The minimum atomic E-state index is -4.56. The number of rotatable bonds is 5. The van der Waals surface area contributed by atoms with Crippen molar-refractivity contribution in [2.45, 2.75) is 51.1 Å². The summed E-state index contributed by atoms with van der Waals surface area (Å²) in [5.41, 5.74) is 0.783. The highest BCUT2D eigenvalue weighted by Gasteiger charge is 2.47. The maximum absolute atomic E-state index is 14.5. The molecule has 1 fully saturated rings. The van der Waals surface area contributed by atoms with E-state index >= 15 is 0 Å². The maximum atomic E-state index is 14.5. The Kier molecular flexibility index (Phi) is 6.83. The van der Waals surface area contributed by atoms with Gasteiger partial charge in [0.2, 0.25) is 0 Å². The van der Waals surface area contributed by atoms with Crippen LogP contribution in [0.25, 0.3) is 28.1 Å². The quantitative estimate of drug-likeness (QED) is 0.373. The van der Waals surface area contributed by atoms with Crippen LogP contribution >= 0.6 is 0 Å². The van der Waals surface area contributed by atoms with Crippen molar-refractivity contribution in [3.63, 3.8) is 0 Å². The molecule has 206 valence electrons. The van der Waals surface area contributed by atoms with Crippen molar-refractivity contribution < 1.29 is 27.4 Å². The zero-order chi connectivity index (χ0) is 27.9. The molecule has 4 aromatic rings. The summed E-state index contributed by atoms with van der Waals surface area (Å²) in [5, 5.41) is 11.9. The molecule has 5 rings (SSSR count). The van der Waals surface area contributed by atoms with E-state index in [0.29, 0.717) is 34.9 Å². The van der Waals surface area contributed by atoms with Gasteiger partial charge >= 0.3 is 12.3 Å². The third-order valence-corrected chi connectivity index (χ3v) is 6.49. The zero-order valence-corrected chi connectivity index (χ0v) is 22.0. The summed E-state index contributed by atoms with van der Waals surface area (Å²) in [6.45, 7) is 5.37. The molecule has 1 aliphatic heterocycles. The third-order valence-electron chi connectivity index (χ3n) is 6.49. The number of carbonyl (C=O) groups excluding carboxylic acids is 1. The van der Waals surface area contributed by atoms with Crippen LogP contribution in [0, 0.1) is 0 Å². The molecule has 0 bridgehead atoms. The monoisotopic (exact) mass is 542 g/mol. The summed E-state index contributed by atoms with van der Waals surface area (Å²) in [7, 11) is 1.55. The summed E-state index contributed by atoms with van der Waals surface area (Å²) < 4.78 is 55.6. The Labute approximate surface area is 222 Å². The Morgan fingerprint density at radius 2 is 1.90 bits per heavy atom. The maximum Gasteiger partial charge on any atom is 0.408 e. The number of likely N-dealkylation sites (tertiary alicyclic amines) is 1. The second-order valence-corrected chi connectivity index (χ2v) is 10.5. The molecule has 1 amide bonds. The highest BCUT2D eigenvalue weighted by atomic mass is 19.4. The average Bonchev–Trinajstić information content (AvgIpc) is 3.48. The van der Waals surface area contributed by atoms with Crippen LogP contribution in [0.15, 0.2) is 48.7 Å². The fraction of sp³-hybridized carbons (Fsp3) is 0.407. The number of para-hydroxylation sites is 1. The molecule has 12 heteroatoms. The number of pyridine rings is 2. The van der Waals surface area contributed by atoms with E-state index < -0.39 is 30.0 Å². The number of hydrogen-bond donors (Lipinski definition) is 1. The molecule has 1 aliphatic rings. The van der Waals surface area contributed by atoms with Crippen molar-refractivity contribution in [1.29, 1.82) is 0 Å². The molecule has 2 unspecified atom stereocenters. The van der Waals surface area contributed by atoms with Gasteiger partial charge in [0, 0.05) is 30.7 Å². The average molecular weight is 543 g/mol. The van der Waals surface area contributed by atoms with Gasteiger partial charge in [0.05, 0.1) is 7.11 Å². The summed E-state index contributed by atoms with van der Waals surface area (Å²) in [4.78, 5) is 18.2. The third kappa shape index (κ3) is 5.60. The van der Waals surface area contributed by atoms with Crippen molar-refractivity contribution in [3.8, 4) is 17.3 Å². The minimum Gasteiger partial charge on any atom is -0.494 e. The number of nitrogens with zero attached hydrogens (tertiary/aromatic N) is 5. The number of aromatic nitrogens is 4. The first-order valence-electron chi connectivity index (χ1n) is 12.5. The van der Waals surface area contributed by atoms with Crippen LogP contribution in [0.2, 0.25) is 0 Å². The molecule has 1 N–H and O–H groups in total. The molecular weight excluding hydrogens is 513 g/mol. The molecule has 3 aromatic heterocycles. The number of carbonyl (C=O) groups is 1. The molecule has 0 radical (unpaired) electrons. The lowest BCUT2D eigenvalue weighted by molar-refractivity contribution is -0.184. The van der Waals surface area contributed by atoms with Crippen LogP contribution in [0.4, 0.5) is 18.0 Å². The Bertz CT molecular complexity index is 1510. The second-order valence-electron chi connectivity index (χ2n) is 10.5. The Morgan fingerprint density at radius 3 is 2.62 bits per heavy atom. The highest BCUT2D eigenvalue weighted by molar-refractivity contribution is 5.86. The van der Waals surface area contributed by atoms with Crippen LogP contribution < -0.4 is 10.1 Å². The summed E-state index contributed by atoms with van der Waals surface area (Å²) in [6, 6.07) is 9.71. The van der Waals surface area contributed by atoms with Crippen molar-refractivity contribution in [3.05, 3.63) is 54.2 Å². The van der Waals surface area contributed by atoms with E-state index in [2.05, 4.69) is 20.5 Å². The van der Waals surface area contributed by atoms with Crippen molar-refractivity contribution >= 4 is 22.6 Å². The topological polar surface area (TPSA) is 93.9 Å². The first-order chi connectivity index (χ1) is 18.4. The van der Waals surface area contributed by atoms with Gasteiger partial charge in [-0.2, -0.15) is 13.2 Å². The summed E-state index contributed by atoms with van der Waals surface area (Å²) >= 11 is 0. The normalized spacial score (nSPS) is 17.5. The van der Waals surface area contributed by atoms with E-state index in [-0.39, 0.29) is 18.7 Å². The number of fused-ring (bicyclic) bond motifs is 2. The number of benzene rings is 1. The Morgan fingerprint density at radius 1 is 1.10 bits per heavy atom. The first-order valence-corrected chi connectivity index (χ1v) is 12.5. The van der Waals surface area contributed by atoms with E-state index in [9.17, 15) is 18.0 Å². The highest BCUT2D eigenvalue weighted by Crippen LogP contribution is 2.40. The predicted octanol–water partition coefficient (Wildman–Crippen LogP) is 5.16. The van der Waals surface area contributed by atoms with Crippen LogP contribution in [0.3, 0.4) is 0 Å². The fourth-order valence-corrected chi connectivity index (χ4v) is 4.87. The predicted molar refractivity (Wildman–Crippen MR) is 138 cm³/mol. The van der Waals surface area contributed by atoms with Gasteiger partial charge in [-0.25, -0.2) is 9.78 Å². The number of amides is 1. The lowest BCUT2D eigenvalue weighted by Crippen LogP contribution is -2.42. The smallest absolute Gasteiger partial charge is 0.408 e. The van der Waals surface area contributed by atoms with Crippen molar-refractivity contribution in [2.75, 3.05) is 20.2 Å². The molecule has 0 saturated carbocycles. The SMILES string of the molecule is COc1cccc2ccc(-c3nnc4ccc(C(N5CCC(NC(=O)OC(C)(C)C)C5)C(F)(F)F)cn34)nc12. The number of ether oxygens (including phenoxy) is 2. The van der Waals surface area contributed by atoms with Gasteiger partial charge in [0.15, 0.2) is 11.5 Å². The van der Waals surface area contributed by atoms with Gasteiger partial charge in [-0.15, -0.1) is 10.2 Å². The van der Waals surface area contributed by atoms with Crippen molar-refractivity contribution in [2.24, 2.45) is 0 Å². The van der Waals surface area contributed by atoms with Gasteiger partial charge in [0.1, 0.15) is 28.6 Å². The lowest BCUT2D eigenvalue weighted by Gasteiger charge is -2.30. The van der Waals surface area contributed by atoms with Gasteiger partial charge < -0.3 is 14.8 Å². The van der Waals surface area contributed by atoms with Crippen LogP contribution in [0.5, 0.6) is 5.75 Å². The molecule has 0 spiro atoms. The number of nitrogens with one attached hydrogen (secondary N) is 1. The Hall–Kier alpha value is -3.93. The largest absolute Gasteiger partial charge is 0.494 e. The van der Waals surface area contributed by atoms with Gasteiger partial charge in [-0.1, -0.05) is 24.3 Å². The molecule has 9 nitrogen and oxygen atoms in total. The second kappa shape index (κ2) is 9.99. The fourth-order valence-electron chi connectivity index (χ4n) is 4.87. The Balaban J connectivity index is 1.46. The van der Waals surface area contributed by atoms with E-state index in [1.807, 2.05) is 18.2 Å². The lowest BCUT2D eigenvalue weighted by atomic mass is 10.1. The molecule has 39 heavy (non-hydrogen) atoms. The van der Waals surface area contributed by atoms with Crippen LogP contribution in [-0.2, 0) is 4.74 Å². The van der Waals surface area contributed by atoms with E-state index in [1.165, 1.54) is 27.6 Å². The molecular formula is C27H29F3N6O3. The summed E-state index contributed by atoms with van der Waals surface area (Å²) in [6.07, 6.45) is -3.43.